The number of aryl methyl sites for hydroxylation is 1. The molecule has 3 heterocycles. The summed E-state index contributed by atoms with van der Waals surface area (Å²) in [6.07, 6.45) is 11.7. The van der Waals surface area contributed by atoms with Crippen LogP contribution in [0.1, 0.15) is 98.1 Å². The zero-order valence-corrected chi connectivity index (χ0v) is 25.7. The predicted octanol–water partition coefficient (Wildman–Crippen LogP) is 6.09. The highest BCUT2D eigenvalue weighted by Gasteiger charge is 2.48. The van der Waals surface area contributed by atoms with Crippen LogP contribution in [0.25, 0.3) is 11.1 Å². The maximum Gasteiger partial charge on any atom is 0.213 e. The van der Waals surface area contributed by atoms with Gasteiger partial charge in [-0.15, -0.1) is 0 Å². The van der Waals surface area contributed by atoms with Crippen molar-refractivity contribution < 1.29 is 19.4 Å². The molecule has 2 aliphatic carbocycles. The topological polar surface area (TPSA) is 98.5 Å². The zero-order chi connectivity index (χ0) is 30.4. The number of carboxylic acid groups (broad SMARTS) is 1. The van der Waals surface area contributed by atoms with E-state index in [0.717, 1.165) is 66.8 Å². The molecule has 3 fully saturated rings. The van der Waals surface area contributed by atoms with Crippen molar-refractivity contribution >= 4 is 5.97 Å². The second-order valence-electron chi connectivity index (χ2n) is 13.4. The second-order valence-corrected chi connectivity index (χ2v) is 13.4. The van der Waals surface area contributed by atoms with Crippen LogP contribution in [0.15, 0.2) is 48.7 Å². The van der Waals surface area contributed by atoms with E-state index < -0.39 is 11.9 Å². The van der Waals surface area contributed by atoms with Gasteiger partial charge in [-0.25, -0.2) is 4.98 Å². The number of piperidine rings is 1. The van der Waals surface area contributed by atoms with Crippen LogP contribution in [0.2, 0.25) is 0 Å². The molecule has 4 aliphatic rings. The van der Waals surface area contributed by atoms with E-state index in [0.29, 0.717) is 22.9 Å². The minimum Gasteiger partial charge on any atom is -0.550 e. The SMILES string of the molecule is COc1cc(-c2ccc(C3CCc4ccc([C@H](C5CC5)[C@H](C)C(=O)[O-])cc4O3)cc2CN2CCCCC23CC3)c(C#N)cn1. The fraction of sp³-hybridized carbons (Fsp3) is 0.486. The monoisotopic (exact) mass is 590 g/mol. The number of ether oxygens (including phenoxy) is 2. The van der Waals surface area contributed by atoms with Crippen LogP contribution in [0.4, 0.5) is 0 Å². The third-order valence-corrected chi connectivity index (χ3v) is 10.6. The first-order valence-corrected chi connectivity index (χ1v) is 16.2. The van der Waals surface area contributed by atoms with Gasteiger partial charge in [-0.3, -0.25) is 4.90 Å². The Bertz CT molecular complexity index is 1620. The fourth-order valence-corrected chi connectivity index (χ4v) is 7.78. The number of carboxylic acids is 1. The van der Waals surface area contributed by atoms with E-state index in [1.54, 1.807) is 20.2 Å². The highest BCUT2D eigenvalue weighted by Crippen LogP contribution is 2.50. The number of hydrogen-bond acceptors (Lipinski definition) is 7. The van der Waals surface area contributed by atoms with Gasteiger partial charge in [-0.1, -0.05) is 43.7 Å². The molecule has 228 valence electrons. The summed E-state index contributed by atoms with van der Waals surface area (Å²) in [7, 11) is 1.60. The fourth-order valence-electron chi connectivity index (χ4n) is 7.78. The molecule has 0 bridgehead atoms. The van der Waals surface area contributed by atoms with Gasteiger partial charge < -0.3 is 19.4 Å². The molecule has 1 unspecified atom stereocenters. The predicted molar refractivity (Wildman–Crippen MR) is 165 cm³/mol. The second kappa shape index (κ2) is 11.6. The lowest BCUT2D eigenvalue weighted by Crippen LogP contribution is -2.40. The Morgan fingerprint density at radius 3 is 2.70 bits per heavy atom. The molecule has 1 spiro atoms. The van der Waals surface area contributed by atoms with Crippen molar-refractivity contribution in [3.8, 4) is 28.8 Å². The van der Waals surface area contributed by atoms with Crippen molar-refractivity contribution in [2.75, 3.05) is 13.7 Å². The number of nitriles is 1. The van der Waals surface area contributed by atoms with Crippen LogP contribution in [-0.4, -0.2) is 35.0 Å². The quantitative estimate of drug-likeness (QED) is 0.297. The molecule has 0 N–H and O–H groups in total. The molecule has 3 atom stereocenters. The van der Waals surface area contributed by atoms with Gasteiger partial charge >= 0.3 is 0 Å². The number of rotatable bonds is 9. The maximum absolute atomic E-state index is 11.8. The summed E-state index contributed by atoms with van der Waals surface area (Å²) in [4.78, 5) is 18.8. The lowest BCUT2D eigenvalue weighted by Gasteiger charge is -2.37. The third kappa shape index (κ3) is 5.45. The Hall–Kier alpha value is -3.89. The Kier molecular flexibility index (Phi) is 7.58. The van der Waals surface area contributed by atoms with Crippen molar-refractivity contribution in [2.45, 2.75) is 88.8 Å². The van der Waals surface area contributed by atoms with E-state index in [1.165, 1.54) is 43.2 Å². The molecular weight excluding hydrogens is 550 g/mol. The Morgan fingerprint density at radius 1 is 1.14 bits per heavy atom. The minimum atomic E-state index is -0.987. The van der Waals surface area contributed by atoms with E-state index in [1.807, 2.05) is 6.07 Å². The number of hydrogen-bond donors (Lipinski definition) is 0. The van der Waals surface area contributed by atoms with Crippen LogP contribution in [-0.2, 0) is 17.8 Å². The number of likely N-dealkylation sites (tertiary alicyclic amines) is 1. The highest BCUT2D eigenvalue weighted by molar-refractivity contribution is 5.74. The summed E-state index contributed by atoms with van der Waals surface area (Å²) in [5, 5.41) is 21.8. The molecule has 7 rings (SSSR count). The molecule has 2 saturated carbocycles. The Balaban J connectivity index is 1.23. The molecule has 1 aromatic heterocycles. The minimum absolute atomic E-state index is 0.0499. The summed E-state index contributed by atoms with van der Waals surface area (Å²) in [6, 6.07) is 17.1. The average molecular weight is 591 g/mol. The third-order valence-electron chi connectivity index (χ3n) is 10.6. The molecular formula is C37H40N3O4-. The lowest BCUT2D eigenvalue weighted by atomic mass is 9.82. The molecule has 0 amide bonds. The molecule has 2 aliphatic heterocycles. The number of aliphatic carboxylic acids is 1. The van der Waals surface area contributed by atoms with Gasteiger partial charge in [0.1, 0.15) is 17.9 Å². The van der Waals surface area contributed by atoms with Crippen molar-refractivity contribution in [1.29, 1.82) is 5.26 Å². The summed E-state index contributed by atoms with van der Waals surface area (Å²) in [6.45, 7) is 3.70. The van der Waals surface area contributed by atoms with E-state index in [9.17, 15) is 15.2 Å². The summed E-state index contributed by atoms with van der Waals surface area (Å²) in [5.74, 6) is 0.172. The van der Waals surface area contributed by atoms with E-state index >= 15 is 0 Å². The zero-order valence-electron chi connectivity index (χ0n) is 25.7. The maximum atomic E-state index is 11.8. The first-order valence-electron chi connectivity index (χ1n) is 16.2. The van der Waals surface area contributed by atoms with Gasteiger partial charge in [0.2, 0.25) is 5.88 Å². The van der Waals surface area contributed by atoms with Crippen molar-refractivity contribution in [1.82, 2.24) is 9.88 Å². The average Bonchev–Trinajstić information content (AvgIpc) is 3.99. The number of nitrogens with zero attached hydrogens (tertiary/aromatic N) is 3. The Morgan fingerprint density at radius 2 is 1.98 bits per heavy atom. The van der Waals surface area contributed by atoms with Gasteiger partial charge in [-0.05, 0) is 104 Å². The van der Waals surface area contributed by atoms with Gasteiger partial charge in [0.15, 0.2) is 0 Å². The standard InChI is InChI=1S/C37H41N3O4/c1-23(36(41)42)35(25-6-7-25)27-8-5-24-10-12-32(44-33(24)18-27)26-9-11-30(31-19-34(43-2)39-21-29(31)20-38)28(17-26)22-40-16-4-3-13-37(40)14-15-37/h5,8-9,11,17-19,21,23,25,32,35H,3-4,6-7,10,12-16,22H2,1-2H3,(H,41,42)/p-1/t23-,32?,35-/m0/s1. The molecule has 3 aromatic rings. The molecule has 1 saturated heterocycles. The molecule has 0 radical (unpaired) electrons. The first kappa shape index (κ1) is 28.9. The van der Waals surface area contributed by atoms with Gasteiger partial charge in [0.05, 0.1) is 12.7 Å². The number of pyridine rings is 1. The van der Waals surface area contributed by atoms with Gasteiger partial charge in [0.25, 0.3) is 0 Å². The van der Waals surface area contributed by atoms with Crippen LogP contribution in [0, 0.1) is 23.2 Å². The molecule has 2 aromatic carbocycles. The summed E-state index contributed by atoms with van der Waals surface area (Å²) < 4.78 is 12.2. The molecule has 44 heavy (non-hydrogen) atoms. The number of carbonyl (C=O) groups excluding carboxylic acids is 1. The van der Waals surface area contributed by atoms with Crippen LogP contribution < -0.4 is 14.6 Å². The van der Waals surface area contributed by atoms with E-state index in [-0.39, 0.29) is 12.0 Å². The van der Waals surface area contributed by atoms with Crippen LogP contribution >= 0.6 is 0 Å². The molecule has 7 heteroatoms. The number of fused-ring (bicyclic) bond motifs is 1. The van der Waals surface area contributed by atoms with Crippen molar-refractivity contribution in [2.24, 2.45) is 11.8 Å². The Labute approximate surface area is 259 Å². The van der Waals surface area contributed by atoms with E-state index in [4.69, 9.17) is 9.47 Å². The number of carbonyl (C=O) groups is 1. The van der Waals surface area contributed by atoms with Gasteiger partial charge in [-0.2, -0.15) is 5.26 Å². The normalized spacial score (nSPS) is 21.9. The van der Waals surface area contributed by atoms with Crippen molar-refractivity contribution in [3.63, 3.8) is 0 Å². The first-order chi connectivity index (χ1) is 21.4. The lowest BCUT2D eigenvalue weighted by molar-refractivity contribution is -0.311. The van der Waals surface area contributed by atoms with Crippen LogP contribution in [0.3, 0.4) is 0 Å². The smallest absolute Gasteiger partial charge is 0.213 e. The van der Waals surface area contributed by atoms with Crippen molar-refractivity contribution in [3.05, 3.63) is 76.5 Å². The van der Waals surface area contributed by atoms with Gasteiger partial charge in [0, 0.05) is 41.8 Å². The van der Waals surface area contributed by atoms with Crippen LogP contribution in [0.5, 0.6) is 11.6 Å². The summed E-state index contributed by atoms with van der Waals surface area (Å²) >= 11 is 0. The molecule has 7 nitrogen and oxygen atoms in total. The van der Waals surface area contributed by atoms with E-state index in [2.05, 4.69) is 52.4 Å². The number of aromatic nitrogens is 1. The summed E-state index contributed by atoms with van der Waals surface area (Å²) in [5.41, 5.74) is 7.27. The highest BCUT2D eigenvalue weighted by atomic mass is 16.5. The largest absolute Gasteiger partial charge is 0.550 e. The number of methoxy groups -OCH3 is 1. The number of benzene rings is 2.